The molecule has 1 heterocycles. The van der Waals surface area contributed by atoms with Crippen LogP contribution in [0.25, 0.3) is 5.57 Å². The molecule has 156 valence electrons. The number of carbonyl (C=O) groups is 1. The summed E-state index contributed by atoms with van der Waals surface area (Å²) in [6.07, 6.45) is 11.8. The predicted molar refractivity (Wildman–Crippen MR) is 115 cm³/mol. The van der Waals surface area contributed by atoms with Crippen molar-refractivity contribution in [1.29, 1.82) is 0 Å². The topological polar surface area (TPSA) is 50.2 Å². The number of hydrogen-bond acceptors (Lipinski definition) is 2. The van der Waals surface area contributed by atoms with Crippen molar-refractivity contribution >= 4 is 11.5 Å². The highest BCUT2D eigenvalue weighted by Crippen LogP contribution is 2.63. The van der Waals surface area contributed by atoms with Gasteiger partial charge >= 0.3 is 5.97 Å². The summed E-state index contributed by atoms with van der Waals surface area (Å²) in [5.74, 6) is 0.821. The molecule has 0 spiro atoms. The number of carboxylic acid groups (broad SMARTS) is 1. The van der Waals surface area contributed by atoms with E-state index in [0.29, 0.717) is 24.2 Å². The number of aromatic nitrogens is 1. The molecule has 1 N–H and O–H groups in total. The van der Waals surface area contributed by atoms with Gasteiger partial charge in [-0.15, -0.1) is 0 Å². The third kappa shape index (κ3) is 3.17. The zero-order valence-corrected chi connectivity index (χ0v) is 17.4. The molecule has 0 bridgehead atoms. The minimum absolute atomic E-state index is 0.0928. The van der Waals surface area contributed by atoms with E-state index in [1.165, 1.54) is 29.3 Å². The Balaban J connectivity index is 1.40. The van der Waals surface area contributed by atoms with Crippen LogP contribution in [0.3, 0.4) is 0 Å². The lowest BCUT2D eigenvalue weighted by Crippen LogP contribution is -2.40. The molecule has 2 aromatic rings. The van der Waals surface area contributed by atoms with Crippen molar-refractivity contribution in [1.82, 2.24) is 4.98 Å². The van der Waals surface area contributed by atoms with Gasteiger partial charge in [0.25, 0.3) is 0 Å². The number of aliphatic carboxylic acids is 1. The number of benzene rings is 1. The Morgan fingerprint density at radius 1 is 1.27 bits per heavy atom. The molecule has 5 rings (SSSR count). The fourth-order valence-corrected chi connectivity index (χ4v) is 6.62. The summed E-state index contributed by atoms with van der Waals surface area (Å²) in [5.41, 5.74) is 6.36. The lowest BCUT2D eigenvalue weighted by atomic mass is 9.54. The first kappa shape index (κ1) is 19.5. The van der Waals surface area contributed by atoms with E-state index in [9.17, 15) is 9.18 Å². The molecule has 4 atom stereocenters. The number of hydrogen-bond donors (Lipinski definition) is 1. The van der Waals surface area contributed by atoms with E-state index in [1.54, 1.807) is 6.07 Å². The summed E-state index contributed by atoms with van der Waals surface area (Å²) in [6, 6.07) is 8.28. The van der Waals surface area contributed by atoms with E-state index in [2.05, 4.69) is 36.2 Å². The summed E-state index contributed by atoms with van der Waals surface area (Å²) in [7, 11) is 0. The number of fused-ring (bicyclic) bond motifs is 5. The van der Waals surface area contributed by atoms with Gasteiger partial charge in [-0.25, -0.2) is 4.39 Å². The summed E-state index contributed by atoms with van der Waals surface area (Å²) in [4.78, 5) is 15.0. The molecule has 1 aromatic heterocycles. The van der Waals surface area contributed by atoms with Gasteiger partial charge in [0.15, 0.2) is 0 Å². The lowest BCUT2D eigenvalue weighted by molar-refractivity contribution is -0.136. The number of pyridine rings is 1. The van der Waals surface area contributed by atoms with Gasteiger partial charge in [-0.3, -0.25) is 9.78 Å². The maximum atomic E-state index is 13.8. The van der Waals surface area contributed by atoms with Crippen LogP contribution in [-0.2, 0) is 17.6 Å². The average molecular weight is 406 g/mol. The van der Waals surface area contributed by atoms with Crippen molar-refractivity contribution in [3.8, 4) is 0 Å². The molecule has 0 radical (unpaired) electrons. The number of carboxylic acids is 1. The predicted octanol–water partition coefficient (Wildman–Crippen LogP) is 5.79. The molecular formula is C26H28FNO2. The first-order valence-electron chi connectivity index (χ1n) is 11.1. The monoisotopic (exact) mass is 405 g/mol. The normalized spacial score (nSPS) is 29.5. The van der Waals surface area contributed by atoms with Gasteiger partial charge in [-0.05, 0) is 95.6 Å². The highest BCUT2D eigenvalue weighted by Gasteiger charge is 2.51. The first-order chi connectivity index (χ1) is 14.5. The molecule has 3 nitrogen and oxygen atoms in total. The molecule has 1 aromatic carbocycles. The summed E-state index contributed by atoms with van der Waals surface area (Å²) >= 11 is 0. The quantitative estimate of drug-likeness (QED) is 0.701. The molecule has 0 saturated heterocycles. The van der Waals surface area contributed by atoms with Crippen LogP contribution in [0, 0.1) is 23.1 Å². The smallest absolute Gasteiger partial charge is 0.303 e. The van der Waals surface area contributed by atoms with Crippen LogP contribution >= 0.6 is 0 Å². The van der Waals surface area contributed by atoms with Crippen molar-refractivity contribution < 1.29 is 14.3 Å². The SMILES string of the molecule is C[C@]12CCC3c4ccc(CCC(=O)O)cc4CCC3C1CC=C2c1cncc(F)c1. The average Bonchev–Trinajstić information content (AvgIpc) is 3.09. The van der Waals surface area contributed by atoms with E-state index in [1.807, 2.05) is 6.20 Å². The Hall–Kier alpha value is -2.49. The van der Waals surface area contributed by atoms with Gasteiger partial charge in [-0.1, -0.05) is 31.2 Å². The maximum absolute atomic E-state index is 13.8. The minimum atomic E-state index is -0.739. The summed E-state index contributed by atoms with van der Waals surface area (Å²) in [5, 5.41) is 8.97. The number of nitrogens with zero attached hydrogens (tertiary/aromatic N) is 1. The Bertz CT molecular complexity index is 1030. The van der Waals surface area contributed by atoms with Crippen LogP contribution in [0.2, 0.25) is 0 Å². The van der Waals surface area contributed by atoms with Gasteiger partial charge in [0.05, 0.1) is 6.20 Å². The molecule has 3 unspecified atom stereocenters. The van der Waals surface area contributed by atoms with E-state index in [4.69, 9.17) is 5.11 Å². The zero-order chi connectivity index (χ0) is 20.9. The molecule has 1 saturated carbocycles. The fraction of sp³-hybridized carbons (Fsp3) is 0.462. The molecule has 0 aliphatic heterocycles. The van der Waals surface area contributed by atoms with Crippen molar-refractivity contribution in [3.05, 3.63) is 70.8 Å². The van der Waals surface area contributed by atoms with Crippen molar-refractivity contribution in [2.75, 3.05) is 0 Å². The standard InChI is InChI=1S/C26H28FNO2/c1-26-11-10-21-20-5-2-16(3-9-25(29)30)12-17(20)4-6-22(21)24(26)8-7-23(26)18-13-19(27)15-28-14-18/h2,5,7,12-15,21-22,24H,3-4,6,8-11H2,1H3,(H,29,30)/t21?,22?,24?,26-/m1/s1. The van der Waals surface area contributed by atoms with Crippen LogP contribution in [-0.4, -0.2) is 16.1 Å². The Labute approximate surface area is 177 Å². The van der Waals surface area contributed by atoms with Gasteiger partial charge in [-0.2, -0.15) is 0 Å². The zero-order valence-electron chi connectivity index (χ0n) is 17.4. The van der Waals surface area contributed by atoms with Crippen LogP contribution in [0.5, 0.6) is 0 Å². The van der Waals surface area contributed by atoms with E-state index in [-0.39, 0.29) is 17.7 Å². The lowest BCUT2D eigenvalue weighted by Gasteiger charge is -2.50. The minimum Gasteiger partial charge on any atom is -0.481 e. The number of rotatable bonds is 4. The second-order valence-electron chi connectivity index (χ2n) is 9.54. The Morgan fingerprint density at radius 3 is 2.93 bits per heavy atom. The van der Waals surface area contributed by atoms with Crippen molar-refractivity contribution in [2.45, 2.75) is 57.8 Å². The molecule has 3 aliphatic rings. The second-order valence-corrected chi connectivity index (χ2v) is 9.54. The van der Waals surface area contributed by atoms with Gasteiger partial charge in [0, 0.05) is 12.6 Å². The molecule has 4 heteroatoms. The van der Waals surface area contributed by atoms with E-state index >= 15 is 0 Å². The molecule has 0 amide bonds. The third-order valence-corrected chi connectivity index (χ3v) is 8.02. The third-order valence-electron chi connectivity index (χ3n) is 8.02. The first-order valence-corrected chi connectivity index (χ1v) is 11.1. The largest absolute Gasteiger partial charge is 0.481 e. The van der Waals surface area contributed by atoms with Crippen LogP contribution in [0.15, 0.2) is 42.7 Å². The molecule has 30 heavy (non-hydrogen) atoms. The number of halogens is 1. The highest BCUT2D eigenvalue weighted by molar-refractivity contribution is 5.72. The van der Waals surface area contributed by atoms with Crippen molar-refractivity contribution in [2.24, 2.45) is 17.3 Å². The second kappa shape index (κ2) is 7.33. The molecular weight excluding hydrogens is 377 g/mol. The van der Waals surface area contributed by atoms with E-state index < -0.39 is 5.97 Å². The molecule has 3 aliphatic carbocycles. The fourth-order valence-electron chi connectivity index (χ4n) is 6.62. The van der Waals surface area contributed by atoms with Crippen LogP contribution in [0.1, 0.15) is 67.2 Å². The van der Waals surface area contributed by atoms with Crippen LogP contribution < -0.4 is 0 Å². The number of aryl methyl sites for hydroxylation is 2. The number of allylic oxidation sites excluding steroid dienone is 2. The van der Waals surface area contributed by atoms with Crippen LogP contribution in [0.4, 0.5) is 4.39 Å². The summed E-state index contributed by atoms with van der Waals surface area (Å²) in [6.45, 7) is 2.38. The van der Waals surface area contributed by atoms with Gasteiger partial charge in [0.1, 0.15) is 5.82 Å². The van der Waals surface area contributed by atoms with Gasteiger partial charge in [0.2, 0.25) is 0 Å². The summed E-state index contributed by atoms with van der Waals surface area (Å²) < 4.78 is 13.8. The highest BCUT2D eigenvalue weighted by atomic mass is 19.1. The van der Waals surface area contributed by atoms with Gasteiger partial charge < -0.3 is 5.11 Å². The maximum Gasteiger partial charge on any atom is 0.303 e. The van der Waals surface area contributed by atoms with Crippen molar-refractivity contribution in [3.63, 3.8) is 0 Å². The molecule has 1 fully saturated rings. The van der Waals surface area contributed by atoms with E-state index in [0.717, 1.165) is 36.8 Å². The Morgan fingerprint density at radius 2 is 2.13 bits per heavy atom. The Kier molecular flexibility index (Phi) is 4.76.